The van der Waals surface area contributed by atoms with E-state index in [4.69, 9.17) is 9.15 Å². The molecule has 39 heavy (non-hydrogen) atoms. The van der Waals surface area contributed by atoms with Crippen LogP contribution < -0.4 is 5.69 Å². The lowest BCUT2D eigenvalue weighted by Crippen LogP contribution is -2.45. The zero-order chi connectivity index (χ0) is 27.1. The van der Waals surface area contributed by atoms with Gasteiger partial charge in [0.15, 0.2) is 0 Å². The minimum absolute atomic E-state index is 0.0587. The number of aromatic nitrogens is 4. The first-order valence-electron chi connectivity index (χ1n) is 13.0. The van der Waals surface area contributed by atoms with Crippen LogP contribution in [0.3, 0.4) is 0 Å². The number of nitrogens with zero attached hydrogens (tertiary/aromatic N) is 5. The van der Waals surface area contributed by atoms with Crippen molar-refractivity contribution >= 4 is 11.0 Å². The molecular weight excluding hydrogens is 518 g/mol. The molecule has 0 unspecified atom stereocenters. The molecule has 0 amide bonds. The van der Waals surface area contributed by atoms with Crippen molar-refractivity contribution in [3.63, 3.8) is 0 Å². The van der Waals surface area contributed by atoms with E-state index < -0.39 is 24.0 Å². The normalized spacial score (nSPS) is 18.0. The molecule has 12 heteroatoms. The SMILES string of the molecule is O=c1n(Cc2ccc(-c3nnc(C(F)F)o3)cc2F)c2cc(F)ccc2n1C1CCN(C2CCOCC2)CC1. The van der Waals surface area contributed by atoms with Crippen LogP contribution >= 0.6 is 0 Å². The van der Waals surface area contributed by atoms with Gasteiger partial charge in [-0.2, -0.15) is 8.78 Å². The molecule has 8 nitrogen and oxygen atoms in total. The van der Waals surface area contributed by atoms with Crippen LogP contribution in [-0.4, -0.2) is 56.6 Å². The number of hydrogen-bond acceptors (Lipinski definition) is 6. The van der Waals surface area contributed by atoms with E-state index in [-0.39, 0.29) is 35.3 Å². The third kappa shape index (κ3) is 4.98. The first-order chi connectivity index (χ1) is 18.9. The number of halogens is 4. The van der Waals surface area contributed by atoms with Crippen molar-refractivity contribution in [2.24, 2.45) is 0 Å². The fraction of sp³-hybridized carbons (Fsp3) is 0.444. The maximum atomic E-state index is 15.1. The highest BCUT2D eigenvalue weighted by Crippen LogP contribution is 2.30. The topological polar surface area (TPSA) is 78.3 Å². The van der Waals surface area contributed by atoms with Crippen molar-refractivity contribution in [1.29, 1.82) is 0 Å². The highest BCUT2D eigenvalue weighted by atomic mass is 19.3. The van der Waals surface area contributed by atoms with Crippen molar-refractivity contribution in [3.05, 3.63) is 70.0 Å². The van der Waals surface area contributed by atoms with E-state index in [1.165, 1.54) is 28.8 Å². The summed E-state index contributed by atoms with van der Waals surface area (Å²) in [5.74, 6) is -2.27. The molecular formula is C27H27F4N5O3. The average Bonchev–Trinajstić information content (AvgIpc) is 3.54. The predicted octanol–water partition coefficient (Wildman–Crippen LogP) is 4.93. The predicted molar refractivity (Wildman–Crippen MR) is 134 cm³/mol. The van der Waals surface area contributed by atoms with Gasteiger partial charge in [-0.15, -0.1) is 10.2 Å². The molecule has 4 aromatic rings. The van der Waals surface area contributed by atoms with E-state index in [1.807, 2.05) is 0 Å². The molecule has 0 spiro atoms. The Kier molecular flexibility index (Phi) is 6.98. The van der Waals surface area contributed by atoms with Crippen molar-refractivity contribution in [2.45, 2.75) is 50.7 Å². The second-order valence-electron chi connectivity index (χ2n) is 10.0. The van der Waals surface area contributed by atoms with Gasteiger partial charge >= 0.3 is 12.1 Å². The Labute approximate surface area is 220 Å². The highest BCUT2D eigenvalue weighted by Gasteiger charge is 2.30. The Bertz CT molecular complexity index is 1530. The molecule has 0 radical (unpaired) electrons. The number of ether oxygens (including phenoxy) is 1. The fourth-order valence-electron chi connectivity index (χ4n) is 5.74. The molecule has 2 aromatic carbocycles. The maximum absolute atomic E-state index is 15.1. The molecule has 2 aromatic heterocycles. The molecule has 206 valence electrons. The number of likely N-dealkylation sites (tertiary alicyclic amines) is 1. The van der Waals surface area contributed by atoms with E-state index in [0.717, 1.165) is 58.1 Å². The summed E-state index contributed by atoms with van der Waals surface area (Å²) < 4.78 is 68.4. The van der Waals surface area contributed by atoms with Crippen LogP contribution in [0.25, 0.3) is 22.5 Å². The second kappa shape index (κ2) is 10.6. The van der Waals surface area contributed by atoms with Gasteiger partial charge in [-0.25, -0.2) is 13.6 Å². The second-order valence-corrected chi connectivity index (χ2v) is 10.0. The molecule has 0 N–H and O–H groups in total. The summed E-state index contributed by atoms with van der Waals surface area (Å²) in [5.41, 5.74) is 0.962. The van der Waals surface area contributed by atoms with Gasteiger partial charge in [0, 0.05) is 49.5 Å². The number of rotatable bonds is 6. The van der Waals surface area contributed by atoms with Crippen LogP contribution in [0.5, 0.6) is 0 Å². The molecule has 6 rings (SSSR count). The number of piperidine rings is 1. The largest absolute Gasteiger partial charge is 0.415 e. The molecule has 2 fully saturated rings. The summed E-state index contributed by atoms with van der Waals surface area (Å²) in [5, 5.41) is 6.81. The third-order valence-electron chi connectivity index (χ3n) is 7.75. The number of imidazole rings is 1. The number of alkyl halides is 2. The molecule has 4 heterocycles. The van der Waals surface area contributed by atoms with Gasteiger partial charge in [-0.05, 0) is 56.0 Å². The maximum Gasteiger partial charge on any atom is 0.329 e. The zero-order valence-corrected chi connectivity index (χ0v) is 21.0. The van der Waals surface area contributed by atoms with Crippen molar-refractivity contribution < 1.29 is 26.7 Å². The Hall–Kier alpha value is -3.51. The van der Waals surface area contributed by atoms with Crippen LogP contribution in [-0.2, 0) is 11.3 Å². The monoisotopic (exact) mass is 545 g/mol. The van der Waals surface area contributed by atoms with Crippen LogP contribution in [0, 0.1) is 11.6 Å². The van der Waals surface area contributed by atoms with Crippen molar-refractivity contribution in [3.8, 4) is 11.5 Å². The number of hydrogen-bond donors (Lipinski definition) is 0. The fourth-order valence-corrected chi connectivity index (χ4v) is 5.74. The molecule has 0 bridgehead atoms. The molecule has 0 atom stereocenters. The van der Waals surface area contributed by atoms with Gasteiger partial charge in [-0.1, -0.05) is 6.07 Å². The van der Waals surface area contributed by atoms with Crippen LogP contribution in [0.4, 0.5) is 17.6 Å². The van der Waals surface area contributed by atoms with E-state index in [0.29, 0.717) is 17.1 Å². The minimum Gasteiger partial charge on any atom is -0.415 e. The lowest BCUT2D eigenvalue weighted by molar-refractivity contribution is 0.0220. The van der Waals surface area contributed by atoms with Crippen molar-refractivity contribution in [1.82, 2.24) is 24.2 Å². The van der Waals surface area contributed by atoms with Gasteiger partial charge < -0.3 is 14.1 Å². The first-order valence-corrected chi connectivity index (χ1v) is 13.0. The van der Waals surface area contributed by atoms with Gasteiger partial charge in [0.25, 0.3) is 5.89 Å². The quantitative estimate of drug-likeness (QED) is 0.320. The smallest absolute Gasteiger partial charge is 0.329 e. The van der Waals surface area contributed by atoms with Crippen molar-refractivity contribution in [2.75, 3.05) is 26.3 Å². The van der Waals surface area contributed by atoms with E-state index >= 15 is 4.39 Å². The van der Waals surface area contributed by atoms with Gasteiger partial charge in [0.1, 0.15) is 11.6 Å². The lowest BCUT2D eigenvalue weighted by atomic mass is 9.99. The summed E-state index contributed by atoms with van der Waals surface area (Å²) in [4.78, 5) is 16.2. The first kappa shape index (κ1) is 25.8. The van der Waals surface area contributed by atoms with Crippen LogP contribution in [0.1, 0.15) is 49.6 Å². The summed E-state index contributed by atoms with van der Waals surface area (Å²) >= 11 is 0. The van der Waals surface area contributed by atoms with Gasteiger partial charge in [0.2, 0.25) is 5.89 Å². The Morgan fingerprint density at radius 1 is 0.923 bits per heavy atom. The van der Waals surface area contributed by atoms with E-state index in [1.54, 1.807) is 10.6 Å². The van der Waals surface area contributed by atoms with E-state index in [2.05, 4.69) is 15.1 Å². The summed E-state index contributed by atoms with van der Waals surface area (Å²) in [6, 6.07) is 8.63. The Balaban J connectivity index is 1.28. The summed E-state index contributed by atoms with van der Waals surface area (Å²) in [6.45, 7) is 3.12. The average molecular weight is 546 g/mol. The van der Waals surface area contributed by atoms with Gasteiger partial charge in [0.05, 0.1) is 17.6 Å². The third-order valence-corrected chi connectivity index (χ3v) is 7.75. The van der Waals surface area contributed by atoms with Crippen LogP contribution in [0.15, 0.2) is 45.6 Å². The molecule has 0 aliphatic carbocycles. The highest BCUT2D eigenvalue weighted by molar-refractivity contribution is 5.76. The standard InChI is InChI=1S/C27H27F4N5O3/c28-18-3-4-22-23(14-18)35(15-17-2-1-16(13-21(17)29)25-32-33-26(39-25)24(30)31)27(37)36(22)20-5-9-34(10-6-20)19-7-11-38-12-8-19/h1-4,13-14,19-20,24H,5-12,15H2. The number of fused-ring (bicyclic) bond motifs is 1. The molecule has 0 saturated carbocycles. The van der Waals surface area contributed by atoms with E-state index in [9.17, 15) is 18.0 Å². The molecule has 2 saturated heterocycles. The summed E-state index contributed by atoms with van der Waals surface area (Å²) in [6.07, 6.45) is 0.637. The minimum atomic E-state index is -2.94. The summed E-state index contributed by atoms with van der Waals surface area (Å²) in [7, 11) is 0. The van der Waals surface area contributed by atoms with Gasteiger partial charge in [-0.3, -0.25) is 9.13 Å². The number of benzene rings is 2. The molecule has 2 aliphatic rings. The molecule has 2 aliphatic heterocycles. The Morgan fingerprint density at radius 2 is 1.69 bits per heavy atom. The lowest BCUT2D eigenvalue weighted by Gasteiger charge is -2.39. The Morgan fingerprint density at radius 3 is 2.38 bits per heavy atom. The zero-order valence-electron chi connectivity index (χ0n) is 21.0. The van der Waals surface area contributed by atoms with Crippen LogP contribution in [0.2, 0.25) is 0 Å².